The number of nitrogens with one attached hydrogen (secondary N) is 1. The third-order valence-electron chi connectivity index (χ3n) is 3.80. The van der Waals surface area contributed by atoms with Crippen LogP contribution in [0, 0.1) is 0 Å². The van der Waals surface area contributed by atoms with Crippen molar-refractivity contribution in [3.05, 3.63) is 86.3 Å². The van der Waals surface area contributed by atoms with Gasteiger partial charge in [-0.15, -0.1) is 0 Å². The molecule has 3 aromatic rings. The van der Waals surface area contributed by atoms with E-state index in [1.165, 1.54) is 0 Å². The van der Waals surface area contributed by atoms with E-state index in [1.54, 1.807) is 31.5 Å². The highest BCUT2D eigenvalue weighted by Crippen LogP contribution is 2.37. The Labute approximate surface area is 182 Å². The summed E-state index contributed by atoms with van der Waals surface area (Å²) in [5.74, 6) is 1.25. The number of rotatable bonds is 7. The number of nitrogens with zero attached hydrogens (tertiary/aromatic N) is 1. The maximum Gasteiger partial charge on any atom is 0.175 e. The molecule has 0 aliphatic carbocycles. The first-order valence-corrected chi connectivity index (χ1v) is 9.90. The van der Waals surface area contributed by atoms with E-state index in [4.69, 9.17) is 32.7 Å². The van der Waals surface area contributed by atoms with Crippen LogP contribution in [0.4, 0.5) is 5.69 Å². The molecule has 0 saturated carbocycles. The average Bonchev–Trinajstić information content (AvgIpc) is 2.70. The molecule has 0 unspecified atom stereocenters. The summed E-state index contributed by atoms with van der Waals surface area (Å²) in [6.07, 6.45) is 1.68. The van der Waals surface area contributed by atoms with Crippen molar-refractivity contribution in [3.63, 3.8) is 0 Å². The summed E-state index contributed by atoms with van der Waals surface area (Å²) >= 11 is 15.5. The zero-order valence-corrected chi connectivity index (χ0v) is 18.1. The minimum atomic E-state index is 0.447. The number of hydrazone groups is 1. The second kappa shape index (κ2) is 9.82. The van der Waals surface area contributed by atoms with Crippen LogP contribution in [-0.4, -0.2) is 13.3 Å². The molecule has 0 fully saturated rings. The molecule has 4 nitrogen and oxygen atoms in total. The smallest absolute Gasteiger partial charge is 0.175 e. The molecule has 0 aliphatic rings. The van der Waals surface area contributed by atoms with E-state index in [0.717, 1.165) is 21.3 Å². The average molecular weight is 480 g/mol. The van der Waals surface area contributed by atoms with Crippen LogP contribution < -0.4 is 14.9 Å². The van der Waals surface area contributed by atoms with Crippen molar-refractivity contribution in [2.45, 2.75) is 6.61 Å². The van der Waals surface area contributed by atoms with Crippen molar-refractivity contribution >= 4 is 51.0 Å². The Bertz CT molecular complexity index is 982. The molecule has 0 amide bonds. The molecule has 7 heteroatoms. The molecule has 0 saturated heterocycles. The highest BCUT2D eigenvalue weighted by molar-refractivity contribution is 9.10. The van der Waals surface area contributed by atoms with Crippen molar-refractivity contribution in [2.24, 2.45) is 5.10 Å². The molecule has 28 heavy (non-hydrogen) atoms. The Morgan fingerprint density at radius 3 is 2.54 bits per heavy atom. The molecule has 0 atom stereocenters. The third-order valence-corrected chi connectivity index (χ3v) is 5.13. The Morgan fingerprint density at radius 2 is 1.82 bits per heavy atom. The number of anilines is 1. The predicted molar refractivity (Wildman–Crippen MR) is 119 cm³/mol. The Balaban J connectivity index is 1.72. The summed E-state index contributed by atoms with van der Waals surface area (Å²) < 4.78 is 12.2. The van der Waals surface area contributed by atoms with E-state index in [0.29, 0.717) is 28.2 Å². The number of halogens is 3. The molecule has 0 bridgehead atoms. The number of hydrogen-bond donors (Lipinski definition) is 1. The quantitative estimate of drug-likeness (QED) is 0.299. The maximum absolute atomic E-state index is 6.00. The Hall–Kier alpha value is -2.21. The molecular weight excluding hydrogens is 463 g/mol. The first kappa shape index (κ1) is 20.5. The monoisotopic (exact) mass is 478 g/mol. The lowest BCUT2D eigenvalue weighted by atomic mass is 10.2. The fourth-order valence-corrected chi connectivity index (χ4v) is 3.30. The van der Waals surface area contributed by atoms with Crippen LogP contribution in [0.2, 0.25) is 10.0 Å². The zero-order chi connectivity index (χ0) is 19.9. The highest BCUT2D eigenvalue weighted by atomic mass is 79.9. The van der Waals surface area contributed by atoms with E-state index in [-0.39, 0.29) is 0 Å². The SMILES string of the molecule is COc1cc(C=NNc2ccc(Cl)c(Cl)c2)cc(Br)c1OCc1ccccc1. The van der Waals surface area contributed by atoms with E-state index in [2.05, 4.69) is 26.5 Å². The van der Waals surface area contributed by atoms with Crippen LogP contribution in [0.1, 0.15) is 11.1 Å². The highest BCUT2D eigenvalue weighted by Gasteiger charge is 2.11. The number of hydrogen-bond acceptors (Lipinski definition) is 4. The van der Waals surface area contributed by atoms with Gasteiger partial charge in [-0.25, -0.2) is 0 Å². The van der Waals surface area contributed by atoms with E-state index in [9.17, 15) is 0 Å². The van der Waals surface area contributed by atoms with Crippen molar-refractivity contribution in [1.29, 1.82) is 0 Å². The van der Waals surface area contributed by atoms with Gasteiger partial charge in [0.2, 0.25) is 0 Å². The van der Waals surface area contributed by atoms with Gasteiger partial charge in [-0.3, -0.25) is 5.43 Å². The van der Waals surface area contributed by atoms with Gasteiger partial charge in [-0.2, -0.15) is 5.10 Å². The first-order valence-electron chi connectivity index (χ1n) is 8.35. The van der Waals surface area contributed by atoms with Gasteiger partial charge < -0.3 is 9.47 Å². The standard InChI is InChI=1S/C21H17BrCl2N2O2/c1-27-20-10-15(12-25-26-16-7-8-18(23)19(24)11-16)9-17(22)21(20)28-13-14-5-3-2-4-6-14/h2-12,26H,13H2,1H3. The van der Waals surface area contributed by atoms with Crippen LogP contribution in [-0.2, 0) is 6.61 Å². The minimum Gasteiger partial charge on any atom is -0.493 e. The number of ether oxygens (including phenoxy) is 2. The fraction of sp³-hybridized carbons (Fsp3) is 0.0952. The molecule has 0 spiro atoms. The molecule has 144 valence electrons. The van der Waals surface area contributed by atoms with Gasteiger partial charge in [-0.05, 0) is 57.4 Å². The van der Waals surface area contributed by atoms with Crippen molar-refractivity contribution in [2.75, 3.05) is 12.5 Å². The van der Waals surface area contributed by atoms with Crippen LogP contribution in [0.25, 0.3) is 0 Å². The van der Waals surface area contributed by atoms with Crippen molar-refractivity contribution < 1.29 is 9.47 Å². The fourth-order valence-electron chi connectivity index (χ4n) is 2.43. The summed E-state index contributed by atoms with van der Waals surface area (Å²) in [5, 5.41) is 5.19. The van der Waals surface area contributed by atoms with Gasteiger partial charge in [0.15, 0.2) is 11.5 Å². The van der Waals surface area contributed by atoms with Crippen molar-refractivity contribution in [1.82, 2.24) is 0 Å². The van der Waals surface area contributed by atoms with Gasteiger partial charge in [0.05, 0.1) is 33.5 Å². The largest absolute Gasteiger partial charge is 0.493 e. The minimum absolute atomic E-state index is 0.447. The van der Waals surface area contributed by atoms with Gasteiger partial charge in [0.25, 0.3) is 0 Å². The van der Waals surface area contributed by atoms with E-state index >= 15 is 0 Å². The summed E-state index contributed by atoms with van der Waals surface area (Å²) in [5.41, 5.74) is 5.57. The predicted octanol–water partition coefficient (Wildman–Crippen LogP) is 6.79. The number of methoxy groups -OCH3 is 1. The lowest BCUT2D eigenvalue weighted by Crippen LogP contribution is -2.00. The van der Waals surface area contributed by atoms with Gasteiger partial charge >= 0.3 is 0 Å². The van der Waals surface area contributed by atoms with E-state index < -0.39 is 0 Å². The Morgan fingerprint density at radius 1 is 1.04 bits per heavy atom. The normalized spacial score (nSPS) is 10.9. The second-order valence-electron chi connectivity index (χ2n) is 5.81. The van der Waals surface area contributed by atoms with Crippen molar-refractivity contribution in [3.8, 4) is 11.5 Å². The van der Waals surface area contributed by atoms with Crippen LogP contribution >= 0.6 is 39.1 Å². The summed E-state index contributed by atoms with van der Waals surface area (Å²) in [6.45, 7) is 0.447. The zero-order valence-electron chi connectivity index (χ0n) is 15.0. The molecule has 3 rings (SSSR count). The lowest BCUT2D eigenvalue weighted by molar-refractivity contribution is 0.282. The van der Waals surface area contributed by atoms with E-state index in [1.807, 2.05) is 42.5 Å². The van der Waals surface area contributed by atoms with Crippen LogP contribution in [0.3, 0.4) is 0 Å². The van der Waals surface area contributed by atoms with Gasteiger partial charge in [0.1, 0.15) is 6.61 Å². The number of benzene rings is 3. The first-order chi connectivity index (χ1) is 13.6. The molecule has 3 aromatic carbocycles. The molecule has 1 N–H and O–H groups in total. The third kappa shape index (κ3) is 5.41. The maximum atomic E-state index is 6.00. The molecule has 0 aromatic heterocycles. The topological polar surface area (TPSA) is 42.8 Å². The van der Waals surface area contributed by atoms with Crippen LogP contribution in [0.5, 0.6) is 11.5 Å². The molecule has 0 radical (unpaired) electrons. The van der Waals surface area contributed by atoms with Gasteiger partial charge in [-0.1, -0.05) is 53.5 Å². The second-order valence-corrected chi connectivity index (χ2v) is 7.48. The summed E-state index contributed by atoms with van der Waals surface area (Å²) in [6, 6.07) is 18.9. The van der Waals surface area contributed by atoms with Gasteiger partial charge in [0, 0.05) is 0 Å². The molecule has 0 heterocycles. The summed E-state index contributed by atoms with van der Waals surface area (Å²) in [4.78, 5) is 0. The lowest BCUT2D eigenvalue weighted by Gasteiger charge is -2.13. The Kier molecular flexibility index (Phi) is 7.20. The molecule has 0 aliphatic heterocycles. The summed E-state index contributed by atoms with van der Waals surface area (Å²) in [7, 11) is 1.60. The molecular formula is C21H17BrCl2N2O2. The van der Waals surface area contributed by atoms with Crippen LogP contribution in [0.15, 0.2) is 70.2 Å².